The van der Waals surface area contributed by atoms with Gasteiger partial charge in [-0.2, -0.15) is 0 Å². The summed E-state index contributed by atoms with van der Waals surface area (Å²) in [7, 11) is 0. The standard InChI is InChI=1S/C13H23NO2/c1-2-10-5-3-6-11(9-10)16-13(15)12-7-4-8-14-12/h10-12,14H,2-9H2,1H3/t10?,11?,12-/m1/s1. The first kappa shape index (κ1) is 11.9. The molecule has 2 unspecified atom stereocenters. The molecule has 1 heterocycles. The summed E-state index contributed by atoms with van der Waals surface area (Å²) in [5.74, 6) is 0.752. The Kier molecular flexibility index (Phi) is 4.22. The lowest BCUT2D eigenvalue weighted by molar-refractivity contribution is -0.153. The van der Waals surface area contributed by atoms with E-state index in [0.717, 1.165) is 38.1 Å². The average Bonchev–Trinajstić information content (AvgIpc) is 2.83. The van der Waals surface area contributed by atoms with Gasteiger partial charge in [0.2, 0.25) is 0 Å². The molecule has 0 aromatic rings. The van der Waals surface area contributed by atoms with Crippen LogP contribution < -0.4 is 5.32 Å². The lowest BCUT2D eigenvalue weighted by atomic mass is 9.85. The van der Waals surface area contributed by atoms with Crippen molar-refractivity contribution in [3.63, 3.8) is 0 Å². The summed E-state index contributed by atoms with van der Waals surface area (Å²) in [5, 5.41) is 3.20. The van der Waals surface area contributed by atoms with Crippen molar-refractivity contribution in [2.75, 3.05) is 6.54 Å². The minimum absolute atomic E-state index is 0.0146. The number of hydrogen-bond donors (Lipinski definition) is 1. The lowest BCUT2D eigenvalue weighted by Crippen LogP contribution is -2.36. The van der Waals surface area contributed by atoms with Gasteiger partial charge in [0.15, 0.2) is 0 Å². The maximum atomic E-state index is 11.8. The van der Waals surface area contributed by atoms with Gasteiger partial charge in [-0.25, -0.2) is 0 Å². The lowest BCUT2D eigenvalue weighted by Gasteiger charge is -2.28. The predicted octanol–water partition coefficient (Wildman–Crippen LogP) is 2.25. The molecule has 3 nitrogen and oxygen atoms in total. The van der Waals surface area contributed by atoms with E-state index in [4.69, 9.17) is 4.74 Å². The van der Waals surface area contributed by atoms with Crippen molar-refractivity contribution in [1.29, 1.82) is 0 Å². The highest BCUT2D eigenvalue weighted by molar-refractivity contribution is 5.76. The number of esters is 1. The summed E-state index contributed by atoms with van der Waals surface area (Å²) in [6, 6.07) is -0.0259. The molecule has 1 saturated heterocycles. The van der Waals surface area contributed by atoms with Crippen molar-refractivity contribution in [1.82, 2.24) is 5.32 Å². The summed E-state index contributed by atoms with van der Waals surface area (Å²) < 4.78 is 5.61. The zero-order chi connectivity index (χ0) is 11.4. The summed E-state index contributed by atoms with van der Waals surface area (Å²) in [4.78, 5) is 11.8. The van der Waals surface area contributed by atoms with Crippen LogP contribution in [-0.4, -0.2) is 24.7 Å². The van der Waals surface area contributed by atoms with Gasteiger partial charge >= 0.3 is 5.97 Å². The van der Waals surface area contributed by atoms with E-state index in [-0.39, 0.29) is 18.1 Å². The molecule has 1 saturated carbocycles. The highest BCUT2D eigenvalue weighted by atomic mass is 16.5. The fraction of sp³-hybridized carbons (Fsp3) is 0.923. The monoisotopic (exact) mass is 225 g/mol. The van der Waals surface area contributed by atoms with Gasteiger partial charge in [0.25, 0.3) is 0 Å². The van der Waals surface area contributed by atoms with Crippen molar-refractivity contribution < 1.29 is 9.53 Å². The molecule has 92 valence electrons. The Morgan fingerprint density at radius 1 is 1.31 bits per heavy atom. The topological polar surface area (TPSA) is 38.3 Å². The Morgan fingerprint density at radius 3 is 2.88 bits per heavy atom. The second-order valence-electron chi connectivity index (χ2n) is 5.15. The summed E-state index contributed by atoms with van der Waals surface area (Å²) in [5.41, 5.74) is 0. The van der Waals surface area contributed by atoms with Gasteiger partial charge < -0.3 is 10.1 Å². The minimum atomic E-state index is -0.0259. The van der Waals surface area contributed by atoms with E-state index in [1.807, 2.05) is 0 Å². The van der Waals surface area contributed by atoms with E-state index in [9.17, 15) is 4.79 Å². The summed E-state index contributed by atoms with van der Waals surface area (Å²) in [6.07, 6.45) is 8.12. The van der Waals surface area contributed by atoms with E-state index in [0.29, 0.717) is 0 Å². The molecule has 0 bridgehead atoms. The molecule has 3 heteroatoms. The van der Waals surface area contributed by atoms with Gasteiger partial charge in [0.05, 0.1) is 0 Å². The summed E-state index contributed by atoms with van der Waals surface area (Å²) in [6.45, 7) is 3.19. The number of ether oxygens (including phenoxy) is 1. The van der Waals surface area contributed by atoms with Gasteiger partial charge in [-0.15, -0.1) is 0 Å². The van der Waals surface area contributed by atoms with Gasteiger partial charge in [-0.05, 0) is 44.6 Å². The number of nitrogens with one attached hydrogen (secondary N) is 1. The Balaban J connectivity index is 1.77. The van der Waals surface area contributed by atoms with Gasteiger partial charge in [0, 0.05) is 0 Å². The second-order valence-corrected chi connectivity index (χ2v) is 5.15. The Labute approximate surface area is 97.9 Å². The molecular weight excluding hydrogens is 202 g/mol. The maximum absolute atomic E-state index is 11.8. The highest BCUT2D eigenvalue weighted by Gasteiger charge is 2.28. The number of hydrogen-bond acceptors (Lipinski definition) is 3. The minimum Gasteiger partial charge on any atom is -0.461 e. The number of carbonyl (C=O) groups is 1. The Bertz CT molecular complexity index is 236. The van der Waals surface area contributed by atoms with Gasteiger partial charge in [-0.1, -0.05) is 19.8 Å². The van der Waals surface area contributed by atoms with E-state index in [2.05, 4.69) is 12.2 Å². The van der Waals surface area contributed by atoms with E-state index in [1.165, 1.54) is 19.3 Å². The van der Waals surface area contributed by atoms with Crippen LogP contribution in [0.15, 0.2) is 0 Å². The molecule has 2 fully saturated rings. The molecule has 0 aromatic heterocycles. The second kappa shape index (κ2) is 5.67. The Hall–Kier alpha value is -0.570. The van der Waals surface area contributed by atoms with Crippen LogP contribution in [0.4, 0.5) is 0 Å². The molecule has 1 aliphatic carbocycles. The average molecular weight is 225 g/mol. The fourth-order valence-corrected chi connectivity index (χ4v) is 2.85. The first-order valence-electron chi connectivity index (χ1n) is 6.73. The molecule has 2 aliphatic rings. The van der Waals surface area contributed by atoms with Crippen LogP contribution in [0.1, 0.15) is 51.9 Å². The molecule has 0 radical (unpaired) electrons. The van der Waals surface area contributed by atoms with Gasteiger partial charge in [0.1, 0.15) is 12.1 Å². The SMILES string of the molecule is CCC1CCCC(OC(=O)[C@H]2CCCN2)C1. The number of carbonyl (C=O) groups excluding carboxylic acids is 1. The molecular formula is C13H23NO2. The van der Waals surface area contributed by atoms with Crippen molar-refractivity contribution >= 4 is 5.97 Å². The van der Waals surface area contributed by atoms with Crippen LogP contribution in [-0.2, 0) is 9.53 Å². The smallest absolute Gasteiger partial charge is 0.323 e. The van der Waals surface area contributed by atoms with Gasteiger partial charge in [-0.3, -0.25) is 4.79 Å². The third-order valence-corrected chi connectivity index (χ3v) is 3.94. The molecule has 1 N–H and O–H groups in total. The van der Waals surface area contributed by atoms with Crippen molar-refractivity contribution in [2.24, 2.45) is 5.92 Å². The molecule has 0 amide bonds. The first-order valence-corrected chi connectivity index (χ1v) is 6.73. The third kappa shape index (κ3) is 2.97. The van der Waals surface area contributed by atoms with Crippen LogP contribution in [0.25, 0.3) is 0 Å². The van der Waals surface area contributed by atoms with Crippen LogP contribution >= 0.6 is 0 Å². The zero-order valence-electron chi connectivity index (χ0n) is 10.2. The number of rotatable bonds is 3. The van der Waals surface area contributed by atoms with Crippen LogP contribution in [0.3, 0.4) is 0 Å². The summed E-state index contributed by atoms with van der Waals surface area (Å²) >= 11 is 0. The zero-order valence-corrected chi connectivity index (χ0v) is 10.2. The molecule has 3 atom stereocenters. The largest absolute Gasteiger partial charge is 0.461 e. The molecule has 16 heavy (non-hydrogen) atoms. The Morgan fingerprint density at radius 2 is 2.19 bits per heavy atom. The van der Waals surface area contributed by atoms with E-state index < -0.39 is 0 Å². The van der Waals surface area contributed by atoms with Crippen LogP contribution in [0.2, 0.25) is 0 Å². The van der Waals surface area contributed by atoms with Crippen molar-refractivity contribution in [2.45, 2.75) is 64.0 Å². The molecule has 1 aliphatic heterocycles. The normalized spacial score (nSPS) is 34.9. The molecule has 0 aromatic carbocycles. The quantitative estimate of drug-likeness (QED) is 0.749. The third-order valence-electron chi connectivity index (χ3n) is 3.94. The van der Waals surface area contributed by atoms with Crippen molar-refractivity contribution in [3.8, 4) is 0 Å². The van der Waals surface area contributed by atoms with Crippen LogP contribution in [0, 0.1) is 5.92 Å². The van der Waals surface area contributed by atoms with Crippen LogP contribution in [0.5, 0.6) is 0 Å². The maximum Gasteiger partial charge on any atom is 0.323 e. The highest BCUT2D eigenvalue weighted by Crippen LogP contribution is 2.28. The molecule has 0 spiro atoms. The fourth-order valence-electron chi connectivity index (χ4n) is 2.85. The molecule has 2 rings (SSSR count). The first-order chi connectivity index (χ1) is 7.79. The predicted molar refractivity (Wildman–Crippen MR) is 63.2 cm³/mol. The van der Waals surface area contributed by atoms with E-state index >= 15 is 0 Å². The van der Waals surface area contributed by atoms with Crippen molar-refractivity contribution in [3.05, 3.63) is 0 Å². The van der Waals surface area contributed by atoms with E-state index in [1.54, 1.807) is 0 Å².